The highest BCUT2D eigenvalue weighted by atomic mass is 19.4. The van der Waals surface area contributed by atoms with Gasteiger partial charge in [0.25, 0.3) is 0 Å². The Morgan fingerprint density at radius 3 is 1.90 bits per heavy atom. The number of halogens is 3. The van der Waals surface area contributed by atoms with E-state index >= 15 is 0 Å². The molecule has 1 spiro atoms. The molecule has 2 atom stereocenters. The van der Waals surface area contributed by atoms with E-state index in [1.54, 1.807) is 12.1 Å². The van der Waals surface area contributed by atoms with Crippen LogP contribution in [0.5, 0.6) is 0 Å². The number of hydrogen-bond donors (Lipinski definition) is 1. The first-order valence-electron chi connectivity index (χ1n) is 20.1. The molecule has 1 amide bonds. The van der Waals surface area contributed by atoms with Crippen LogP contribution in [0.2, 0.25) is 0 Å². The Kier molecular flexibility index (Phi) is 8.64. The number of rotatable bonds is 9. The van der Waals surface area contributed by atoms with Gasteiger partial charge in [0, 0.05) is 35.4 Å². The molecular formula is C49H42F3N5O. The van der Waals surface area contributed by atoms with E-state index < -0.39 is 22.5 Å². The Balaban J connectivity index is 1.18. The Bertz CT molecular complexity index is 2510. The van der Waals surface area contributed by atoms with Gasteiger partial charge in [0.2, 0.25) is 5.91 Å². The highest BCUT2D eigenvalue weighted by Crippen LogP contribution is 2.58. The number of pyridine rings is 1. The van der Waals surface area contributed by atoms with Gasteiger partial charge in [-0.1, -0.05) is 121 Å². The first-order chi connectivity index (χ1) is 28.2. The molecule has 3 aliphatic rings. The van der Waals surface area contributed by atoms with E-state index in [2.05, 4.69) is 58.8 Å². The first kappa shape index (κ1) is 36.3. The van der Waals surface area contributed by atoms with Crippen LogP contribution in [0.3, 0.4) is 0 Å². The van der Waals surface area contributed by atoms with Crippen molar-refractivity contribution in [2.24, 2.45) is 5.41 Å². The fourth-order valence-electron chi connectivity index (χ4n) is 9.84. The van der Waals surface area contributed by atoms with E-state index in [9.17, 15) is 18.0 Å². The van der Waals surface area contributed by atoms with E-state index in [-0.39, 0.29) is 30.5 Å². The number of amides is 1. The van der Waals surface area contributed by atoms with Gasteiger partial charge in [-0.05, 0) is 91.2 Å². The van der Waals surface area contributed by atoms with Crippen LogP contribution < -0.4 is 10.2 Å². The summed E-state index contributed by atoms with van der Waals surface area (Å²) < 4.78 is 45.6. The highest BCUT2D eigenvalue weighted by Gasteiger charge is 2.65. The smallest absolute Gasteiger partial charge is 0.313 e. The van der Waals surface area contributed by atoms with Crippen molar-refractivity contribution >= 4 is 22.5 Å². The van der Waals surface area contributed by atoms with Gasteiger partial charge in [0.1, 0.15) is 16.6 Å². The monoisotopic (exact) mass is 773 g/mol. The number of hydrogen-bond acceptors (Lipinski definition) is 4. The van der Waals surface area contributed by atoms with Gasteiger partial charge in [0.05, 0.1) is 16.6 Å². The van der Waals surface area contributed by atoms with Gasteiger partial charge < -0.3 is 10.2 Å². The molecule has 9 heteroatoms. The summed E-state index contributed by atoms with van der Waals surface area (Å²) in [6, 6.07) is 50.3. The van der Waals surface area contributed by atoms with Crippen LogP contribution in [-0.2, 0) is 22.2 Å². The zero-order valence-corrected chi connectivity index (χ0v) is 31.9. The fraction of sp³-hybridized carbons (Fsp3) is 0.245. The molecule has 2 saturated heterocycles. The maximum Gasteiger partial charge on any atom is 0.399 e. The lowest BCUT2D eigenvalue weighted by Gasteiger charge is -2.37. The largest absolute Gasteiger partial charge is 0.399 e. The average molecular weight is 774 g/mol. The van der Waals surface area contributed by atoms with E-state index in [1.807, 2.05) is 101 Å². The Labute approximate surface area is 335 Å². The highest BCUT2D eigenvalue weighted by molar-refractivity contribution is 6.04. The van der Waals surface area contributed by atoms with E-state index in [1.165, 1.54) is 11.8 Å². The molecular weight excluding hydrogens is 732 g/mol. The van der Waals surface area contributed by atoms with Crippen LogP contribution in [0.15, 0.2) is 158 Å². The predicted molar refractivity (Wildman–Crippen MR) is 220 cm³/mol. The molecule has 1 N–H and O–H groups in total. The average Bonchev–Trinajstić information content (AvgIpc) is 3.75. The summed E-state index contributed by atoms with van der Waals surface area (Å²) in [6.45, 7) is 1.34. The summed E-state index contributed by atoms with van der Waals surface area (Å²) >= 11 is 0. The molecule has 0 radical (unpaired) electrons. The first-order valence-corrected chi connectivity index (χ1v) is 20.1. The van der Waals surface area contributed by atoms with E-state index in [4.69, 9.17) is 5.10 Å². The van der Waals surface area contributed by atoms with Crippen LogP contribution in [0.25, 0.3) is 22.2 Å². The molecule has 1 aliphatic carbocycles. The third-order valence-corrected chi connectivity index (χ3v) is 13.0. The van der Waals surface area contributed by atoms with Crippen molar-refractivity contribution in [2.45, 2.75) is 55.3 Å². The molecule has 6 nitrogen and oxygen atoms in total. The van der Waals surface area contributed by atoms with Crippen molar-refractivity contribution in [3.8, 4) is 11.3 Å². The summed E-state index contributed by atoms with van der Waals surface area (Å²) in [5.74, 6) is 0.103. The molecule has 3 fully saturated rings. The van der Waals surface area contributed by atoms with E-state index in [0.29, 0.717) is 17.8 Å². The Hall–Kier alpha value is -6.06. The number of anilines is 1. The molecule has 290 valence electrons. The molecule has 1 unspecified atom stereocenters. The van der Waals surface area contributed by atoms with Crippen molar-refractivity contribution in [1.82, 2.24) is 20.1 Å². The zero-order chi connectivity index (χ0) is 39.5. The summed E-state index contributed by atoms with van der Waals surface area (Å²) in [5.41, 5.74) is 3.19. The topological polar surface area (TPSA) is 63.1 Å². The van der Waals surface area contributed by atoms with Crippen LogP contribution in [0.4, 0.5) is 18.9 Å². The van der Waals surface area contributed by atoms with Crippen molar-refractivity contribution < 1.29 is 18.0 Å². The lowest BCUT2D eigenvalue weighted by Crippen LogP contribution is -2.44. The number of carbonyl (C=O) groups excluding carboxylic acids is 1. The minimum Gasteiger partial charge on any atom is -0.313 e. The van der Waals surface area contributed by atoms with Gasteiger partial charge in [-0.2, -0.15) is 18.3 Å². The molecule has 5 aromatic carbocycles. The number of aromatic nitrogens is 3. The number of nitrogens with one attached hydrogen (secondary N) is 1. The number of alkyl halides is 3. The quantitative estimate of drug-likeness (QED) is 0.149. The third-order valence-electron chi connectivity index (χ3n) is 13.0. The van der Waals surface area contributed by atoms with E-state index in [0.717, 1.165) is 59.1 Å². The maximum atomic E-state index is 14.7. The summed E-state index contributed by atoms with van der Waals surface area (Å²) in [5, 5.41) is 9.87. The second kappa shape index (κ2) is 13.8. The lowest BCUT2D eigenvalue weighted by molar-refractivity contribution is -0.161. The normalized spacial score (nSPS) is 20.3. The number of fused-ring (bicyclic) bond motifs is 1. The molecule has 2 aliphatic heterocycles. The Morgan fingerprint density at radius 1 is 0.707 bits per heavy atom. The van der Waals surface area contributed by atoms with Crippen LogP contribution in [0, 0.1) is 5.41 Å². The molecule has 1 saturated carbocycles. The zero-order valence-electron chi connectivity index (χ0n) is 31.9. The van der Waals surface area contributed by atoms with Crippen LogP contribution in [-0.4, -0.2) is 46.0 Å². The van der Waals surface area contributed by atoms with Crippen LogP contribution >= 0.6 is 0 Å². The number of benzene rings is 5. The molecule has 10 rings (SSSR count). The lowest BCUT2D eigenvalue weighted by atomic mass is 9.76. The third kappa shape index (κ3) is 5.62. The van der Waals surface area contributed by atoms with Gasteiger partial charge in [-0.3, -0.25) is 9.78 Å². The summed E-state index contributed by atoms with van der Waals surface area (Å²) in [4.78, 5) is 21.0. The Morgan fingerprint density at radius 2 is 1.31 bits per heavy atom. The minimum absolute atomic E-state index is 0.00433. The van der Waals surface area contributed by atoms with Crippen molar-refractivity contribution in [2.75, 3.05) is 18.0 Å². The summed E-state index contributed by atoms with van der Waals surface area (Å²) in [7, 11) is 0. The van der Waals surface area contributed by atoms with Crippen molar-refractivity contribution in [1.29, 1.82) is 0 Å². The van der Waals surface area contributed by atoms with Gasteiger partial charge in [-0.25, -0.2) is 4.68 Å². The number of carbonyl (C=O) groups is 1. The SMILES string of the molecule is O=C1N(c2ccc3c(c2)c(-c2ccnc(C4(C(F)(F)F)CC4)c2)nn3C(c2ccccc2)(c2ccccc2)c2ccccc2)CCC12CCN[C@@H]2Cc1ccccc1. The molecule has 7 aromatic rings. The summed E-state index contributed by atoms with van der Waals surface area (Å²) in [6.07, 6.45) is -0.685. The van der Waals surface area contributed by atoms with Crippen LogP contribution in [0.1, 0.15) is 53.6 Å². The standard InChI is InChI=1S/C49H42F3N5O/c50-49(51,52)47(24-25-47)43-32-35(23-28-53-43)44-40-33-39(56-30-27-46(45(56)58)26-29-54-42(46)31-34-13-5-1-6-14-34)21-22-41(40)57(55-44)48(36-15-7-2-8-16-36,37-17-9-3-10-18-37)38-19-11-4-12-20-38/h1-23,28,32-33,42,54H,24-27,29-31H2/t42-,46?/m1/s1. The maximum absolute atomic E-state index is 14.7. The number of nitrogens with zero attached hydrogens (tertiary/aromatic N) is 4. The molecule has 58 heavy (non-hydrogen) atoms. The van der Waals surface area contributed by atoms with Crippen molar-refractivity contribution in [3.63, 3.8) is 0 Å². The van der Waals surface area contributed by atoms with Crippen molar-refractivity contribution in [3.05, 3.63) is 186 Å². The van der Waals surface area contributed by atoms with Gasteiger partial charge >= 0.3 is 6.18 Å². The minimum atomic E-state index is -4.42. The fourth-order valence-corrected chi connectivity index (χ4v) is 9.84. The second-order valence-corrected chi connectivity index (χ2v) is 16.1. The molecule has 2 aromatic heterocycles. The second-order valence-electron chi connectivity index (χ2n) is 16.1. The molecule has 0 bridgehead atoms. The predicted octanol–water partition coefficient (Wildman–Crippen LogP) is 9.86. The molecule has 4 heterocycles. The van der Waals surface area contributed by atoms with Gasteiger partial charge in [0.15, 0.2) is 0 Å². The van der Waals surface area contributed by atoms with Gasteiger partial charge in [-0.15, -0.1) is 0 Å².